The number of nitrogens with one attached hydrogen (secondary N) is 1. The molecule has 1 atom stereocenters. The van der Waals surface area contributed by atoms with Gasteiger partial charge in [-0.05, 0) is 38.1 Å². The van der Waals surface area contributed by atoms with Gasteiger partial charge in [0.05, 0.1) is 24.5 Å². The van der Waals surface area contributed by atoms with E-state index >= 15 is 0 Å². The summed E-state index contributed by atoms with van der Waals surface area (Å²) in [6, 6.07) is 7.23. The van der Waals surface area contributed by atoms with Crippen molar-refractivity contribution in [3.8, 4) is 5.75 Å². The fourth-order valence-electron chi connectivity index (χ4n) is 2.40. The van der Waals surface area contributed by atoms with Gasteiger partial charge in [0, 0.05) is 7.05 Å². The second-order valence-electron chi connectivity index (χ2n) is 4.81. The summed E-state index contributed by atoms with van der Waals surface area (Å²) < 4.78 is 21.1. The number of benzene rings is 1. The van der Waals surface area contributed by atoms with Crippen molar-refractivity contribution in [2.45, 2.75) is 19.4 Å². The maximum atomic E-state index is 14.2. The summed E-state index contributed by atoms with van der Waals surface area (Å²) in [5, 5.41) is 7.55. The molecule has 0 aliphatic rings. The molecule has 0 amide bonds. The molecule has 1 aromatic carbocycles. The molecule has 108 valence electrons. The van der Waals surface area contributed by atoms with Gasteiger partial charge in [0.2, 0.25) is 0 Å². The van der Waals surface area contributed by atoms with E-state index in [1.807, 2.05) is 31.8 Å². The first-order valence-corrected chi connectivity index (χ1v) is 6.56. The summed E-state index contributed by atoms with van der Waals surface area (Å²) in [7, 11) is 5.24. The number of rotatable bonds is 5. The van der Waals surface area contributed by atoms with Crippen molar-refractivity contribution in [3.05, 3.63) is 47.0 Å². The first kappa shape index (κ1) is 14.5. The lowest BCUT2D eigenvalue weighted by Gasteiger charge is -2.17. The molecule has 1 unspecified atom stereocenters. The third kappa shape index (κ3) is 2.82. The number of nitrogens with zero attached hydrogens (tertiary/aromatic N) is 2. The molecule has 1 heterocycles. The van der Waals surface area contributed by atoms with Crippen molar-refractivity contribution < 1.29 is 9.13 Å². The summed E-state index contributed by atoms with van der Waals surface area (Å²) in [4.78, 5) is 0. The van der Waals surface area contributed by atoms with Gasteiger partial charge in [-0.15, -0.1) is 0 Å². The zero-order chi connectivity index (χ0) is 14.7. The van der Waals surface area contributed by atoms with Gasteiger partial charge in [-0.1, -0.05) is 12.1 Å². The highest BCUT2D eigenvalue weighted by Crippen LogP contribution is 2.25. The van der Waals surface area contributed by atoms with Crippen LogP contribution >= 0.6 is 0 Å². The molecular formula is C15H20FN3O. The van der Waals surface area contributed by atoms with Crippen LogP contribution in [0, 0.1) is 12.7 Å². The van der Waals surface area contributed by atoms with Crippen molar-refractivity contribution in [2.75, 3.05) is 14.2 Å². The number of hydrogen-bond acceptors (Lipinski definition) is 3. The van der Waals surface area contributed by atoms with E-state index in [9.17, 15) is 4.39 Å². The molecule has 0 saturated carbocycles. The standard InChI is InChI=1S/C15H20FN3O/c1-10-8-13(19(3)18-10)12(17-2)9-11-6-5-7-14(20-4)15(11)16/h5-8,12,17H,9H2,1-4H3. The van der Waals surface area contributed by atoms with Crippen molar-refractivity contribution in [1.82, 2.24) is 15.1 Å². The monoisotopic (exact) mass is 277 g/mol. The van der Waals surface area contributed by atoms with Crippen LogP contribution < -0.4 is 10.1 Å². The second-order valence-corrected chi connectivity index (χ2v) is 4.81. The third-order valence-corrected chi connectivity index (χ3v) is 3.43. The van der Waals surface area contributed by atoms with E-state index in [0.717, 1.165) is 11.4 Å². The minimum Gasteiger partial charge on any atom is -0.494 e. The van der Waals surface area contributed by atoms with Gasteiger partial charge in [0.15, 0.2) is 11.6 Å². The molecule has 0 aliphatic heterocycles. The molecule has 0 fully saturated rings. The molecule has 0 spiro atoms. The van der Waals surface area contributed by atoms with Crippen LogP contribution in [0.4, 0.5) is 4.39 Å². The Kier molecular flexibility index (Phi) is 4.39. The van der Waals surface area contributed by atoms with E-state index in [0.29, 0.717) is 12.0 Å². The number of aromatic nitrogens is 2. The van der Waals surface area contributed by atoms with Crippen molar-refractivity contribution in [3.63, 3.8) is 0 Å². The van der Waals surface area contributed by atoms with Crippen molar-refractivity contribution >= 4 is 0 Å². The topological polar surface area (TPSA) is 39.1 Å². The van der Waals surface area contributed by atoms with Gasteiger partial charge in [-0.3, -0.25) is 4.68 Å². The number of ether oxygens (including phenoxy) is 1. The highest BCUT2D eigenvalue weighted by molar-refractivity contribution is 5.32. The molecule has 1 N–H and O–H groups in total. The molecule has 4 nitrogen and oxygen atoms in total. The largest absolute Gasteiger partial charge is 0.494 e. The first-order valence-electron chi connectivity index (χ1n) is 6.56. The lowest BCUT2D eigenvalue weighted by molar-refractivity contribution is 0.382. The van der Waals surface area contributed by atoms with E-state index in [1.54, 1.807) is 18.2 Å². The molecule has 0 bridgehead atoms. The Morgan fingerprint density at radius 2 is 2.20 bits per heavy atom. The van der Waals surface area contributed by atoms with E-state index in [1.165, 1.54) is 7.11 Å². The smallest absolute Gasteiger partial charge is 0.168 e. The van der Waals surface area contributed by atoms with Crippen LogP contribution in [0.5, 0.6) is 5.75 Å². The van der Waals surface area contributed by atoms with Crippen LogP contribution in [0.1, 0.15) is 23.0 Å². The number of likely N-dealkylation sites (N-methyl/N-ethyl adjacent to an activating group) is 1. The molecule has 0 radical (unpaired) electrons. The zero-order valence-corrected chi connectivity index (χ0v) is 12.3. The van der Waals surface area contributed by atoms with Crippen LogP contribution in [0.2, 0.25) is 0 Å². The number of aryl methyl sites for hydroxylation is 2. The zero-order valence-electron chi connectivity index (χ0n) is 12.3. The summed E-state index contributed by atoms with van der Waals surface area (Å²) in [6.07, 6.45) is 0.540. The van der Waals surface area contributed by atoms with Crippen molar-refractivity contribution in [1.29, 1.82) is 0 Å². The predicted octanol–water partition coefficient (Wildman–Crippen LogP) is 2.38. The Morgan fingerprint density at radius 1 is 1.45 bits per heavy atom. The van der Waals surface area contributed by atoms with Crippen molar-refractivity contribution in [2.24, 2.45) is 7.05 Å². The summed E-state index contributed by atoms with van der Waals surface area (Å²) in [5.41, 5.74) is 2.61. The quantitative estimate of drug-likeness (QED) is 0.912. The Labute approximate surface area is 118 Å². The number of methoxy groups -OCH3 is 1. The van der Waals surface area contributed by atoms with Gasteiger partial charge in [0.1, 0.15) is 0 Å². The third-order valence-electron chi connectivity index (χ3n) is 3.43. The maximum Gasteiger partial charge on any atom is 0.168 e. The fourth-order valence-corrected chi connectivity index (χ4v) is 2.40. The van der Waals surface area contributed by atoms with Gasteiger partial charge in [-0.2, -0.15) is 5.10 Å². The Morgan fingerprint density at radius 3 is 2.75 bits per heavy atom. The Hall–Kier alpha value is -1.88. The summed E-state index contributed by atoms with van der Waals surface area (Å²) in [5.74, 6) is -0.0207. The minimum atomic E-state index is -0.297. The van der Waals surface area contributed by atoms with Crippen LogP contribution in [0.25, 0.3) is 0 Å². The van der Waals surface area contributed by atoms with Gasteiger partial charge < -0.3 is 10.1 Å². The SMILES string of the molecule is CNC(Cc1cccc(OC)c1F)c1cc(C)nn1C. The normalized spacial score (nSPS) is 12.4. The van der Waals surface area contributed by atoms with E-state index in [-0.39, 0.29) is 17.6 Å². The number of halogens is 1. The summed E-state index contributed by atoms with van der Waals surface area (Å²) in [6.45, 7) is 1.95. The molecule has 20 heavy (non-hydrogen) atoms. The van der Waals surface area contributed by atoms with Gasteiger partial charge in [-0.25, -0.2) is 4.39 Å². The average molecular weight is 277 g/mol. The molecule has 2 rings (SSSR count). The minimum absolute atomic E-state index is 0.00260. The highest BCUT2D eigenvalue weighted by atomic mass is 19.1. The summed E-state index contributed by atoms with van der Waals surface area (Å²) >= 11 is 0. The Bertz CT molecular complexity index is 595. The van der Waals surface area contributed by atoms with Gasteiger partial charge in [0.25, 0.3) is 0 Å². The van der Waals surface area contributed by atoms with E-state index in [4.69, 9.17) is 4.74 Å². The molecule has 2 aromatic rings. The highest BCUT2D eigenvalue weighted by Gasteiger charge is 2.18. The lowest BCUT2D eigenvalue weighted by Crippen LogP contribution is -2.22. The van der Waals surface area contributed by atoms with E-state index in [2.05, 4.69) is 10.4 Å². The van der Waals surface area contributed by atoms with Crippen LogP contribution in [0.15, 0.2) is 24.3 Å². The molecule has 0 saturated heterocycles. The maximum absolute atomic E-state index is 14.2. The van der Waals surface area contributed by atoms with Crippen LogP contribution in [-0.2, 0) is 13.5 Å². The number of hydrogen-bond donors (Lipinski definition) is 1. The van der Waals surface area contributed by atoms with Crippen LogP contribution in [-0.4, -0.2) is 23.9 Å². The molecule has 1 aromatic heterocycles. The molecule has 0 aliphatic carbocycles. The molecule has 5 heteroatoms. The lowest BCUT2D eigenvalue weighted by atomic mass is 10.0. The van der Waals surface area contributed by atoms with Crippen LogP contribution in [0.3, 0.4) is 0 Å². The second kappa shape index (κ2) is 6.05. The fraction of sp³-hybridized carbons (Fsp3) is 0.400. The Balaban J connectivity index is 2.29. The average Bonchev–Trinajstić information content (AvgIpc) is 2.76. The predicted molar refractivity (Wildman–Crippen MR) is 76.4 cm³/mol. The molecular weight excluding hydrogens is 257 g/mol. The van der Waals surface area contributed by atoms with Gasteiger partial charge >= 0.3 is 0 Å². The first-order chi connectivity index (χ1) is 9.56. The van der Waals surface area contributed by atoms with E-state index < -0.39 is 0 Å².